The topological polar surface area (TPSA) is 21.3 Å². The predicted octanol–water partition coefficient (Wildman–Crippen LogP) is 4.21. The minimum absolute atomic E-state index is 0.121. The molecule has 1 N–H and O–H groups in total. The average molecular weight is 293 g/mol. The van der Waals surface area contributed by atoms with Crippen LogP contribution in [0.4, 0.5) is 4.39 Å². The number of hydrogen-bond acceptors (Lipinski definition) is 2. The molecule has 0 spiro atoms. The maximum Gasteiger partial charge on any atom is 0.130 e. The molecule has 1 aliphatic carbocycles. The van der Waals surface area contributed by atoms with E-state index >= 15 is 0 Å². The molecule has 1 aliphatic rings. The minimum Gasteiger partial charge on any atom is -0.497 e. The van der Waals surface area contributed by atoms with Crippen molar-refractivity contribution in [2.24, 2.45) is 17.8 Å². The first-order valence-electron chi connectivity index (χ1n) is 8.04. The normalized spacial score (nSPS) is 26.1. The number of nitrogens with one attached hydrogen (secondary N) is 1. The number of ether oxygens (including phenoxy) is 1. The van der Waals surface area contributed by atoms with Crippen LogP contribution in [0.15, 0.2) is 18.2 Å². The molecule has 2 rings (SSSR count). The summed E-state index contributed by atoms with van der Waals surface area (Å²) in [5.74, 6) is 2.67. The Hall–Kier alpha value is -1.09. The summed E-state index contributed by atoms with van der Waals surface area (Å²) in [5, 5.41) is 3.28. The summed E-state index contributed by atoms with van der Waals surface area (Å²) in [6, 6.07) is 5.32. The Morgan fingerprint density at radius 1 is 1.33 bits per heavy atom. The van der Waals surface area contributed by atoms with Crippen LogP contribution in [0, 0.1) is 23.6 Å². The van der Waals surface area contributed by atoms with Gasteiger partial charge in [-0.3, -0.25) is 0 Å². The Morgan fingerprint density at radius 2 is 2.10 bits per heavy atom. The van der Waals surface area contributed by atoms with Gasteiger partial charge in [0.2, 0.25) is 0 Å². The van der Waals surface area contributed by atoms with Gasteiger partial charge in [0.1, 0.15) is 11.6 Å². The second-order valence-electron chi connectivity index (χ2n) is 6.63. The molecular formula is C18H28FNO. The Kier molecular flexibility index (Phi) is 5.63. The third-order valence-corrected chi connectivity index (χ3v) is 5.05. The molecule has 3 heteroatoms. The van der Waals surface area contributed by atoms with Crippen LogP contribution in [0.2, 0.25) is 0 Å². The zero-order chi connectivity index (χ0) is 15.4. The van der Waals surface area contributed by atoms with E-state index in [1.54, 1.807) is 7.11 Å². The van der Waals surface area contributed by atoms with E-state index in [1.807, 2.05) is 19.2 Å². The van der Waals surface area contributed by atoms with Crippen LogP contribution in [0.1, 0.15) is 44.6 Å². The monoisotopic (exact) mass is 293 g/mol. The highest BCUT2D eigenvalue weighted by atomic mass is 19.1. The molecule has 1 saturated carbocycles. The summed E-state index contributed by atoms with van der Waals surface area (Å²) in [5.41, 5.74) is 0.862. The van der Waals surface area contributed by atoms with Gasteiger partial charge in [0.15, 0.2) is 0 Å². The van der Waals surface area contributed by atoms with Gasteiger partial charge in [0.25, 0.3) is 0 Å². The van der Waals surface area contributed by atoms with Gasteiger partial charge in [0.05, 0.1) is 7.11 Å². The van der Waals surface area contributed by atoms with Crippen molar-refractivity contribution >= 4 is 0 Å². The Morgan fingerprint density at radius 3 is 2.67 bits per heavy atom. The van der Waals surface area contributed by atoms with Crippen molar-refractivity contribution in [2.75, 3.05) is 20.7 Å². The van der Waals surface area contributed by atoms with Gasteiger partial charge in [0, 0.05) is 6.07 Å². The van der Waals surface area contributed by atoms with Crippen LogP contribution in [-0.2, 0) is 0 Å². The second-order valence-corrected chi connectivity index (χ2v) is 6.63. The van der Waals surface area contributed by atoms with Gasteiger partial charge in [-0.05, 0) is 68.2 Å². The van der Waals surface area contributed by atoms with Crippen molar-refractivity contribution in [3.8, 4) is 5.75 Å². The molecule has 0 saturated heterocycles. The van der Waals surface area contributed by atoms with Gasteiger partial charge < -0.3 is 10.1 Å². The lowest BCUT2D eigenvalue weighted by molar-refractivity contribution is 0.189. The van der Waals surface area contributed by atoms with E-state index < -0.39 is 0 Å². The molecular weight excluding hydrogens is 265 g/mol. The molecule has 0 bridgehead atoms. The molecule has 3 atom stereocenters. The van der Waals surface area contributed by atoms with E-state index in [0.29, 0.717) is 29.4 Å². The Labute approximate surface area is 128 Å². The van der Waals surface area contributed by atoms with Gasteiger partial charge in [-0.2, -0.15) is 0 Å². The van der Waals surface area contributed by atoms with E-state index in [0.717, 1.165) is 18.5 Å². The molecule has 3 unspecified atom stereocenters. The highest BCUT2D eigenvalue weighted by molar-refractivity contribution is 5.32. The van der Waals surface area contributed by atoms with Crippen LogP contribution in [0.5, 0.6) is 5.75 Å². The molecule has 1 fully saturated rings. The fraction of sp³-hybridized carbons (Fsp3) is 0.667. The first-order chi connectivity index (χ1) is 10.1. The summed E-state index contributed by atoms with van der Waals surface area (Å²) in [6.07, 6.45) is 3.53. The van der Waals surface area contributed by atoms with E-state index in [4.69, 9.17) is 4.74 Å². The molecule has 0 heterocycles. The summed E-state index contributed by atoms with van der Waals surface area (Å²) < 4.78 is 19.6. The van der Waals surface area contributed by atoms with Crippen molar-refractivity contribution in [1.29, 1.82) is 0 Å². The molecule has 1 aromatic rings. The standard InChI is InChI=1S/C18H28FNO/c1-12(2)13-5-6-14(11-20-3)17(9-13)16-8-7-15(21-4)10-18(16)19/h7-8,10,12-14,17,20H,5-6,9,11H2,1-4H3. The van der Waals surface area contributed by atoms with E-state index in [1.165, 1.54) is 18.9 Å². The molecule has 1 aromatic carbocycles. The third-order valence-electron chi connectivity index (χ3n) is 5.05. The summed E-state index contributed by atoms with van der Waals surface area (Å²) in [7, 11) is 3.56. The molecule has 118 valence electrons. The summed E-state index contributed by atoms with van der Waals surface area (Å²) >= 11 is 0. The van der Waals surface area contributed by atoms with Crippen molar-refractivity contribution in [1.82, 2.24) is 5.32 Å². The van der Waals surface area contributed by atoms with Crippen LogP contribution in [0.3, 0.4) is 0 Å². The maximum atomic E-state index is 14.5. The Bertz CT molecular complexity index is 461. The van der Waals surface area contributed by atoms with Crippen molar-refractivity contribution in [3.05, 3.63) is 29.6 Å². The quantitative estimate of drug-likeness (QED) is 0.878. The lowest BCUT2D eigenvalue weighted by Gasteiger charge is -2.38. The average Bonchev–Trinajstić information content (AvgIpc) is 2.48. The SMILES string of the molecule is CNCC1CCC(C(C)C)CC1c1ccc(OC)cc1F. The number of methoxy groups -OCH3 is 1. The molecule has 0 radical (unpaired) electrons. The van der Waals surface area contributed by atoms with Gasteiger partial charge >= 0.3 is 0 Å². The highest BCUT2D eigenvalue weighted by Gasteiger charge is 2.33. The zero-order valence-corrected chi connectivity index (χ0v) is 13.7. The fourth-order valence-corrected chi connectivity index (χ4v) is 3.69. The number of halogens is 1. The highest BCUT2D eigenvalue weighted by Crippen LogP contribution is 2.44. The van der Waals surface area contributed by atoms with E-state index in [2.05, 4.69) is 19.2 Å². The zero-order valence-electron chi connectivity index (χ0n) is 13.7. The Balaban J connectivity index is 2.26. The van der Waals surface area contributed by atoms with Crippen molar-refractivity contribution in [2.45, 2.75) is 39.0 Å². The largest absolute Gasteiger partial charge is 0.497 e. The van der Waals surface area contributed by atoms with Gasteiger partial charge in [-0.1, -0.05) is 19.9 Å². The smallest absolute Gasteiger partial charge is 0.130 e. The lowest BCUT2D eigenvalue weighted by atomic mass is 9.68. The van der Waals surface area contributed by atoms with Crippen LogP contribution < -0.4 is 10.1 Å². The van der Waals surface area contributed by atoms with Crippen LogP contribution in [0.25, 0.3) is 0 Å². The molecule has 2 nitrogen and oxygen atoms in total. The van der Waals surface area contributed by atoms with E-state index in [9.17, 15) is 4.39 Å². The lowest BCUT2D eigenvalue weighted by Crippen LogP contribution is -2.32. The maximum absolute atomic E-state index is 14.5. The number of hydrogen-bond donors (Lipinski definition) is 1. The number of rotatable bonds is 5. The van der Waals surface area contributed by atoms with Crippen molar-refractivity contribution in [3.63, 3.8) is 0 Å². The first-order valence-corrected chi connectivity index (χ1v) is 8.04. The van der Waals surface area contributed by atoms with Crippen molar-refractivity contribution < 1.29 is 9.13 Å². The molecule has 0 aliphatic heterocycles. The minimum atomic E-state index is -0.121. The molecule has 21 heavy (non-hydrogen) atoms. The summed E-state index contributed by atoms with van der Waals surface area (Å²) in [4.78, 5) is 0. The van der Waals surface area contributed by atoms with E-state index in [-0.39, 0.29) is 5.82 Å². The molecule has 0 amide bonds. The fourth-order valence-electron chi connectivity index (χ4n) is 3.69. The summed E-state index contributed by atoms with van der Waals surface area (Å²) in [6.45, 7) is 5.52. The number of benzene rings is 1. The van der Waals surface area contributed by atoms with Crippen LogP contribution in [-0.4, -0.2) is 20.7 Å². The van der Waals surface area contributed by atoms with Crippen LogP contribution >= 0.6 is 0 Å². The first kappa shape index (κ1) is 16.3. The van der Waals surface area contributed by atoms with Gasteiger partial charge in [-0.25, -0.2) is 4.39 Å². The molecule has 0 aromatic heterocycles. The third kappa shape index (κ3) is 3.76. The second kappa shape index (κ2) is 7.26. The predicted molar refractivity (Wildman–Crippen MR) is 85.3 cm³/mol. The van der Waals surface area contributed by atoms with Gasteiger partial charge in [-0.15, -0.1) is 0 Å².